The van der Waals surface area contributed by atoms with E-state index in [1.165, 1.54) is 17.0 Å². The van der Waals surface area contributed by atoms with Gasteiger partial charge in [-0.05, 0) is 23.8 Å². The second kappa shape index (κ2) is 6.39. The lowest BCUT2D eigenvalue weighted by atomic mass is 9.66. The molecule has 0 saturated carbocycles. The second-order valence-electron chi connectivity index (χ2n) is 7.43. The second-order valence-corrected chi connectivity index (χ2v) is 7.43. The summed E-state index contributed by atoms with van der Waals surface area (Å²) in [4.78, 5) is 12.9. The van der Waals surface area contributed by atoms with E-state index in [-0.39, 0.29) is 23.6 Å². The zero-order valence-electron chi connectivity index (χ0n) is 14.1. The minimum absolute atomic E-state index is 0.0813. The molecule has 2 atom stereocenters. The standard InChI is InChI=1S/C18H22F2N2O2/c1-17(2,3)14-10-18(11-21,8-9-22(14)16(23)24)13-6-4-12(5-7-13)15(19)20/h4-7,14-15H,8-10H2,1-3H3,(H,23,24). The lowest BCUT2D eigenvalue weighted by Crippen LogP contribution is -2.55. The van der Waals surface area contributed by atoms with E-state index in [1.807, 2.05) is 20.8 Å². The fraction of sp³-hybridized carbons (Fsp3) is 0.556. The predicted molar refractivity (Wildman–Crippen MR) is 85.9 cm³/mol. The zero-order valence-corrected chi connectivity index (χ0v) is 14.1. The first kappa shape index (κ1) is 18.2. The molecule has 0 aliphatic carbocycles. The van der Waals surface area contributed by atoms with Crippen LogP contribution in [0.2, 0.25) is 0 Å². The van der Waals surface area contributed by atoms with Crippen molar-refractivity contribution in [1.82, 2.24) is 4.90 Å². The average molecular weight is 336 g/mol. The number of nitrogens with zero attached hydrogens (tertiary/aromatic N) is 2. The fourth-order valence-electron chi connectivity index (χ4n) is 3.39. The van der Waals surface area contributed by atoms with Crippen LogP contribution in [0, 0.1) is 16.7 Å². The predicted octanol–water partition coefficient (Wildman–Crippen LogP) is 4.57. The van der Waals surface area contributed by atoms with Crippen molar-refractivity contribution in [2.75, 3.05) is 6.54 Å². The highest BCUT2D eigenvalue weighted by Crippen LogP contribution is 2.43. The van der Waals surface area contributed by atoms with Crippen LogP contribution in [0.5, 0.6) is 0 Å². The number of hydrogen-bond acceptors (Lipinski definition) is 2. The van der Waals surface area contributed by atoms with Crippen molar-refractivity contribution in [3.8, 4) is 6.07 Å². The van der Waals surface area contributed by atoms with Gasteiger partial charge in [-0.15, -0.1) is 0 Å². The average Bonchev–Trinajstić information content (AvgIpc) is 2.53. The molecule has 1 aliphatic heterocycles. The fourth-order valence-corrected chi connectivity index (χ4v) is 3.39. The molecule has 1 amide bonds. The van der Waals surface area contributed by atoms with Crippen molar-refractivity contribution in [3.63, 3.8) is 0 Å². The Morgan fingerprint density at radius 1 is 1.38 bits per heavy atom. The van der Waals surface area contributed by atoms with E-state index in [0.29, 0.717) is 18.4 Å². The Labute approximate surface area is 140 Å². The molecule has 4 nitrogen and oxygen atoms in total. The summed E-state index contributed by atoms with van der Waals surface area (Å²) in [6.07, 6.45) is -2.83. The Hall–Kier alpha value is -2.16. The minimum atomic E-state index is -2.55. The summed E-state index contributed by atoms with van der Waals surface area (Å²) in [5.74, 6) is 0. The molecule has 0 bridgehead atoms. The van der Waals surface area contributed by atoms with Gasteiger partial charge in [-0.2, -0.15) is 5.26 Å². The summed E-state index contributed by atoms with van der Waals surface area (Å²) in [7, 11) is 0. The van der Waals surface area contributed by atoms with Crippen LogP contribution in [-0.4, -0.2) is 28.7 Å². The van der Waals surface area contributed by atoms with E-state index in [1.54, 1.807) is 12.1 Å². The van der Waals surface area contributed by atoms with E-state index in [0.717, 1.165) is 0 Å². The molecule has 1 heterocycles. The molecule has 0 aromatic heterocycles. The molecule has 1 aromatic rings. The number of piperidine rings is 1. The minimum Gasteiger partial charge on any atom is -0.465 e. The molecule has 1 aromatic carbocycles. The van der Waals surface area contributed by atoms with Crippen LogP contribution in [0.4, 0.5) is 13.6 Å². The Balaban J connectivity index is 2.39. The Morgan fingerprint density at radius 3 is 2.38 bits per heavy atom. The van der Waals surface area contributed by atoms with Crippen LogP contribution in [0.3, 0.4) is 0 Å². The number of hydrogen-bond donors (Lipinski definition) is 1. The molecular formula is C18H22F2N2O2. The molecular weight excluding hydrogens is 314 g/mol. The van der Waals surface area contributed by atoms with Gasteiger partial charge in [0.05, 0.1) is 11.5 Å². The summed E-state index contributed by atoms with van der Waals surface area (Å²) in [5, 5.41) is 19.3. The normalized spacial score (nSPS) is 24.7. The van der Waals surface area contributed by atoms with Gasteiger partial charge in [0, 0.05) is 18.2 Å². The highest BCUT2D eigenvalue weighted by Gasteiger charge is 2.47. The summed E-state index contributed by atoms with van der Waals surface area (Å²) >= 11 is 0. The lowest BCUT2D eigenvalue weighted by molar-refractivity contribution is 0.0413. The largest absolute Gasteiger partial charge is 0.465 e. The molecule has 1 N–H and O–H groups in total. The highest BCUT2D eigenvalue weighted by atomic mass is 19.3. The van der Waals surface area contributed by atoms with Crippen molar-refractivity contribution < 1.29 is 18.7 Å². The summed E-state index contributed by atoms with van der Waals surface area (Å²) in [6.45, 7) is 6.09. The van der Waals surface area contributed by atoms with Crippen molar-refractivity contribution in [2.45, 2.75) is 51.5 Å². The van der Waals surface area contributed by atoms with Crippen molar-refractivity contribution in [1.29, 1.82) is 5.26 Å². The molecule has 2 rings (SSSR count). The Bertz CT molecular complexity index is 646. The third-order valence-electron chi connectivity index (χ3n) is 4.87. The number of nitriles is 1. The van der Waals surface area contributed by atoms with Crippen LogP contribution in [0.25, 0.3) is 0 Å². The van der Waals surface area contributed by atoms with E-state index in [9.17, 15) is 23.9 Å². The maximum absolute atomic E-state index is 12.7. The monoisotopic (exact) mass is 336 g/mol. The molecule has 0 spiro atoms. The van der Waals surface area contributed by atoms with Crippen LogP contribution in [-0.2, 0) is 5.41 Å². The molecule has 1 aliphatic rings. The smallest absolute Gasteiger partial charge is 0.407 e. The van der Waals surface area contributed by atoms with Gasteiger partial charge < -0.3 is 10.0 Å². The van der Waals surface area contributed by atoms with Crippen molar-refractivity contribution in [3.05, 3.63) is 35.4 Å². The lowest BCUT2D eigenvalue weighted by Gasteiger charge is -2.47. The zero-order chi connectivity index (χ0) is 18.1. The number of carbonyl (C=O) groups is 1. The van der Waals surface area contributed by atoms with Crippen LogP contribution in [0.1, 0.15) is 51.2 Å². The van der Waals surface area contributed by atoms with Gasteiger partial charge >= 0.3 is 6.09 Å². The number of carboxylic acid groups (broad SMARTS) is 1. The third-order valence-corrected chi connectivity index (χ3v) is 4.87. The summed E-state index contributed by atoms with van der Waals surface area (Å²) in [5.41, 5.74) is -0.593. The van der Waals surface area contributed by atoms with E-state index < -0.39 is 17.9 Å². The highest BCUT2D eigenvalue weighted by molar-refractivity contribution is 5.66. The molecule has 0 radical (unpaired) electrons. The van der Waals surface area contributed by atoms with Gasteiger partial charge in [0.15, 0.2) is 0 Å². The Morgan fingerprint density at radius 2 is 1.96 bits per heavy atom. The number of halogens is 2. The number of rotatable bonds is 2. The topological polar surface area (TPSA) is 64.3 Å². The number of alkyl halides is 2. The first-order valence-electron chi connectivity index (χ1n) is 7.90. The maximum atomic E-state index is 12.7. The number of benzene rings is 1. The van der Waals surface area contributed by atoms with E-state index >= 15 is 0 Å². The third kappa shape index (κ3) is 3.35. The van der Waals surface area contributed by atoms with Crippen molar-refractivity contribution in [2.24, 2.45) is 5.41 Å². The Kier molecular flexibility index (Phi) is 4.84. The summed E-state index contributed by atoms with van der Waals surface area (Å²) in [6, 6.07) is 7.84. The van der Waals surface area contributed by atoms with Gasteiger partial charge in [0.25, 0.3) is 6.43 Å². The van der Waals surface area contributed by atoms with Crippen LogP contribution in [0.15, 0.2) is 24.3 Å². The number of amides is 1. The molecule has 2 unspecified atom stereocenters. The van der Waals surface area contributed by atoms with Crippen LogP contribution >= 0.6 is 0 Å². The van der Waals surface area contributed by atoms with Gasteiger partial charge in [-0.3, -0.25) is 0 Å². The van der Waals surface area contributed by atoms with Crippen molar-refractivity contribution >= 4 is 6.09 Å². The molecule has 1 fully saturated rings. The van der Waals surface area contributed by atoms with E-state index in [2.05, 4.69) is 6.07 Å². The van der Waals surface area contributed by atoms with Gasteiger partial charge in [0.1, 0.15) is 0 Å². The van der Waals surface area contributed by atoms with Gasteiger partial charge in [-0.25, -0.2) is 13.6 Å². The SMILES string of the molecule is CC(C)(C)C1CC(C#N)(c2ccc(C(F)F)cc2)CCN1C(=O)O. The molecule has 130 valence electrons. The quantitative estimate of drug-likeness (QED) is 0.860. The molecule has 24 heavy (non-hydrogen) atoms. The van der Waals surface area contributed by atoms with E-state index in [4.69, 9.17) is 0 Å². The molecule has 6 heteroatoms. The first-order valence-corrected chi connectivity index (χ1v) is 7.90. The number of likely N-dealkylation sites (tertiary alicyclic amines) is 1. The molecule has 1 saturated heterocycles. The summed E-state index contributed by atoms with van der Waals surface area (Å²) < 4.78 is 25.5. The van der Waals surface area contributed by atoms with Gasteiger partial charge in [0.2, 0.25) is 0 Å². The first-order chi connectivity index (χ1) is 11.1. The maximum Gasteiger partial charge on any atom is 0.407 e. The van der Waals surface area contributed by atoms with Crippen LogP contribution < -0.4 is 0 Å². The van der Waals surface area contributed by atoms with Gasteiger partial charge in [-0.1, -0.05) is 45.0 Å².